The average molecular weight is 332 g/mol. The number of benzene rings is 1. The third-order valence-electron chi connectivity index (χ3n) is 7.12. The van der Waals surface area contributed by atoms with Crippen molar-refractivity contribution in [1.29, 1.82) is 0 Å². The fourth-order valence-electron chi connectivity index (χ4n) is 5.84. The van der Waals surface area contributed by atoms with Crippen molar-refractivity contribution >= 4 is 0 Å². The van der Waals surface area contributed by atoms with E-state index >= 15 is 0 Å². The second-order valence-corrected chi connectivity index (χ2v) is 8.41. The number of likely N-dealkylation sites (tertiary alicyclic amines) is 1. The van der Waals surface area contributed by atoms with Crippen molar-refractivity contribution in [3.8, 4) is 0 Å². The Labute approximate surface area is 142 Å². The van der Waals surface area contributed by atoms with E-state index in [4.69, 9.17) is 0 Å². The summed E-state index contributed by atoms with van der Waals surface area (Å²) in [6, 6.07) is 5.19. The van der Waals surface area contributed by atoms with Crippen LogP contribution in [0.2, 0.25) is 0 Å². The zero-order valence-corrected chi connectivity index (χ0v) is 14.1. The smallest absolute Gasteiger partial charge is 0.126 e. The van der Waals surface area contributed by atoms with Gasteiger partial charge in [0.05, 0.1) is 0 Å². The predicted molar refractivity (Wildman–Crippen MR) is 89.9 cm³/mol. The van der Waals surface area contributed by atoms with Gasteiger partial charge in [-0.1, -0.05) is 6.42 Å². The van der Waals surface area contributed by atoms with Gasteiger partial charge >= 0.3 is 0 Å². The highest BCUT2D eigenvalue weighted by Gasteiger charge is 2.53. The van der Waals surface area contributed by atoms with Crippen molar-refractivity contribution in [2.75, 3.05) is 26.2 Å². The number of rotatable bonds is 3. The molecule has 6 rings (SSSR count). The van der Waals surface area contributed by atoms with Gasteiger partial charge in [0.15, 0.2) is 0 Å². The van der Waals surface area contributed by atoms with E-state index in [9.17, 15) is 8.78 Å². The molecule has 4 saturated heterocycles. The number of halogens is 2. The Morgan fingerprint density at radius 3 is 2.25 bits per heavy atom. The first-order valence-electron chi connectivity index (χ1n) is 9.63. The van der Waals surface area contributed by atoms with Crippen LogP contribution < -0.4 is 0 Å². The van der Waals surface area contributed by atoms with E-state index in [1.54, 1.807) is 12.1 Å². The van der Waals surface area contributed by atoms with Crippen molar-refractivity contribution < 1.29 is 8.78 Å². The molecule has 0 spiro atoms. The van der Waals surface area contributed by atoms with Gasteiger partial charge in [-0.05, 0) is 68.3 Å². The zero-order valence-electron chi connectivity index (χ0n) is 14.1. The molecule has 5 fully saturated rings. The predicted octanol–water partition coefficient (Wildman–Crippen LogP) is 3.63. The Hall–Kier alpha value is -1.00. The van der Waals surface area contributed by atoms with Crippen LogP contribution in [-0.2, 0) is 0 Å². The topological polar surface area (TPSA) is 6.48 Å². The van der Waals surface area contributed by atoms with Crippen molar-refractivity contribution in [3.05, 3.63) is 35.4 Å². The van der Waals surface area contributed by atoms with Crippen LogP contribution in [0.5, 0.6) is 0 Å². The highest BCUT2D eigenvalue weighted by molar-refractivity contribution is 5.28. The molecule has 1 saturated carbocycles. The van der Waals surface area contributed by atoms with E-state index in [1.165, 1.54) is 38.6 Å². The molecule has 3 atom stereocenters. The largest absolute Gasteiger partial charge is 0.298 e. The first-order chi connectivity index (χ1) is 11.7. The summed E-state index contributed by atoms with van der Waals surface area (Å²) in [5, 5.41) is 0. The van der Waals surface area contributed by atoms with Gasteiger partial charge in [-0.2, -0.15) is 0 Å². The maximum atomic E-state index is 13.8. The molecule has 4 heteroatoms. The molecule has 1 aliphatic carbocycles. The molecule has 2 bridgehead atoms. The zero-order chi connectivity index (χ0) is 16.3. The third kappa shape index (κ3) is 2.41. The van der Waals surface area contributed by atoms with E-state index in [0.29, 0.717) is 12.1 Å². The van der Waals surface area contributed by atoms with Gasteiger partial charge in [-0.15, -0.1) is 0 Å². The molecule has 4 aliphatic heterocycles. The minimum absolute atomic E-state index is 0.253. The van der Waals surface area contributed by atoms with Crippen molar-refractivity contribution in [2.45, 2.75) is 50.1 Å². The van der Waals surface area contributed by atoms with E-state index in [1.807, 2.05) is 0 Å². The van der Waals surface area contributed by atoms with E-state index in [2.05, 4.69) is 9.80 Å². The first-order valence-corrected chi connectivity index (χ1v) is 9.63. The standard InChI is InChI=1S/C20H26F2N2/c21-16-8-15(9-17(22)10-16)18-12-24(11-13-2-1-3-13)19-14-4-6-23(7-5-14)20(18)19/h8-10,13-14,18-20H,1-7,11-12H2/t18-,19-,20-/m1/s1. The normalized spacial score (nSPS) is 39.0. The van der Waals surface area contributed by atoms with Crippen molar-refractivity contribution in [3.63, 3.8) is 0 Å². The number of hydrogen-bond acceptors (Lipinski definition) is 2. The Kier molecular flexibility index (Phi) is 3.67. The van der Waals surface area contributed by atoms with Crippen LogP contribution in [0.1, 0.15) is 43.6 Å². The maximum Gasteiger partial charge on any atom is 0.126 e. The van der Waals surface area contributed by atoms with Crippen LogP contribution in [0, 0.1) is 23.5 Å². The molecule has 2 nitrogen and oxygen atoms in total. The third-order valence-corrected chi connectivity index (χ3v) is 7.12. The fraction of sp³-hybridized carbons (Fsp3) is 0.700. The summed E-state index contributed by atoms with van der Waals surface area (Å²) in [4.78, 5) is 5.30. The number of piperidine rings is 3. The minimum Gasteiger partial charge on any atom is -0.298 e. The Balaban J connectivity index is 1.48. The number of fused-ring (bicyclic) bond motifs is 2. The first kappa shape index (κ1) is 15.3. The minimum atomic E-state index is -0.435. The Morgan fingerprint density at radius 2 is 1.62 bits per heavy atom. The summed E-state index contributed by atoms with van der Waals surface area (Å²) in [5.41, 5.74) is 0.867. The summed E-state index contributed by atoms with van der Waals surface area (Å²) >= 11 is 0. The lowest BCUT2D eigenvalue weighted by Gasteiger charge is -2.52. The molecular formula is C20H26F2N2. The van der Waals surface area contributed by atoms with Crippen LogP contribution in [0.15, 0.2) is 18.2 Å². The van der Waals surface area contributed by atoms with Crippen LogP contribution in [-0.4, -0.2) is 48.1 Å². The molecular weight excluding hydrogens is 306 g/mol. The lowest BCUT2D eigenvalue weighted by atomic mass is 9.75. The summed E-state index contributed by atoms with van der Waals surface area (Å²) in [6.45, 7) is 4.50. The van der Waals surface area contributed by atoms with Gasteiger partial charge in [0, 0.05) is 37.2 Å². The van der Waals surface area contributed by atoms with Crippen molar-refractivity contribution in [2.24, 2.45) is 11.8 Å². The SMILES string of the molecule is Fc1cc(F)cc([C@H]2CN(CC3CCC3)[C@@H]3C4CCN(CC4)[C@H]23)c1. The van der Waals surface area contributed by atoms with E-state index < -0.39 is 11.6 Å². The lowest BCUT2D eigenvalue weighted by Crippen LogP contribution is -2.60. The molecule has 0 aromatic heterocycles. The number of hydrogen-bond donors (Lipinski definition) is 0. The molecule has 130 valence electrons. The molecule has 5 aliphatic rings. The van der Waals surface area contributed by atoms with Gasteiger partial charge in [-0.25, -0.2) is 8.78 Å². The van der Waals surface area contributed by atoms with Crippen LogP contribution >= 0.6 is 0 Å². The van der Waals surface area contributed by atoms with E-state index in [0.717, 1.165) is 43.1 Å². The molecule has 0 N–H and O–H groups in total. The quantitative estimate of drug-likeness (QED) is 0.834. The highest BCUT2D eigenvalue weighted by Crippen LogP contribution is 2.47. The van der Waals surface area contributed by atoms with Gasteiger partial charge < -0.3 is 0 Å². The van der Waals surface area contributed by atoms with Gasteiger partial charge in [0.25, 0.3) is 0 Å². The Morgan fingerprint density at radius 1 is 0.917 bits per heavy atom. The van der Waals surface area contributed by atoms with Gasteiger partial charge in [0.1, 0.15) is 11.6 Å². The molecule has 0 amide bonds. The summed E-state index contributed by atoms with van der Waals surface area (Å²) in [6.07, 6.45) is 6.70. The monoisotopic (exact) mass is 332 g/mol. The van der Waals surface area contributed by atoms with Gasteiger partial charge in [0.2, 0.25) is 0 Å². The van der Waals surface area contributed by atoms with Crippen LogP contribution in [0.25, 0.3) is 0 Å². The molecule has 4 heterocycles. The fourth-order valence-corrected chi connectivity index (χ4v) is 5.84. The lowest BCUT2D eigenvalue weighted by molar-refractivity contribution is -0.0134. The van der Waals surface area contributed by atoms with Gasteiger partial charge in [-0.3, -0.25) is 9.80 Å². The molecule has 1 aromatic rings. The Bertz CT molecular complexity index is 602. The highest BCUT2D eigenvalue weighted by atomic mass is 19.1. The molecule has 0 unspecified atom stereocenters. The maximum absolute atomic E-state index is 13.8. The van der Waals surface area contributed by atoms with Crippen LogP contribution in [0.3, 0.4) is 0 Å². The van der Waals surface area contributed by atoms with Crippen LogP contribution in [0.4, 0.5) is 8.78 Å². The molecule has 1 aromatic carbocycles. The number of nitrogens with zero attached hydrogens (tertiary/aromatic N) is 2. The van der Waals surface area contributed by atoms with Crippen molar-refractivity contribution in [1.82, 2.24) is 9.80 Å². The summed E-state index contributed by atoms with van der Waals surface area (Å²) in [7, 11) is 0. The average Bonchev–Trinajstić information content (AvgIpc) is 2.93. The second kappa shape index (κ2) is 5.77. The molecule has 0 radical (unpaired) electrons. The summed E-state index contributed by atoms with van der Waals surface area (Å²) < 4.78 is 27.6. The summed E-state index contributed by atoms with van der Waals surface area (Å²) in [5.74, 6) is 1.01. The molecule has 24 heavy (non-hydrogen) atoms. The van der Waals surface area contributed by atoms with E-state index in [-0.39, 0.29) is 5.92 Å². The second-order valence-electron chi connectivity index (χ2n) is 8.41.